The highest BCUT2D eigenvalue weighted by Gasteiger charge is 2.30. The lowest BCUT2D eigenvalue weighted by molar-refractivity contribution is 0.0859. The van der Waals surface area contributed by atoms with Gasteiger partial charge in [0, 0.05) is 27.5 Å². The summed E-state index contributed by atoms with van der Waals surface area (Å²) < 4.78 is 7.55. The van der Waals surface area contributed by atoms with Crippen molar-refractivity contribution < 1.29 is 14.3 Å². The minimum atomic E-state index is -0.594. The van der Waals surface area contributed by atoms with E-state index < -0.39 is 5.41 Å². The van der Waals surface area contributed by atoms with E-state index in [-0.39, 0.29) is 21.4 Å². The van der Waals surface area contributed by atoms with Crippen molar-refractivity contribution in [1.82, 2.24) is 0 Å². The highest BCUT2D eigenvalue weighted by Crippen LogP contribution is 2.49. The van der Waals surface area contributed by atoms with Gasteiger partial charge in [-0.05, 0) is 81.4 Å². The largest absolute Gasteiger partial charge is 0.505 e. The van der Waals surface area contributed by atoms with Crippen LogP contribution in [0.25, 0.3) is 33.4 Å². The first kappa shape index (κ1) is 23.7. The number of halogens is 4. The number of phenolic OH excluding ortho intramolecular Hbond substituents is 1. The second-order valence-corrected chi connectivity index (χ2v) is 11.7. The van der Waals surface area contributed by atoms with E-state index in [0.29, 0.717) is 46.8 Å². The van der Waals surface area contributed by atoms with Crippen LogP contribution in [0, 0.1) is 5.41 Å². The highest BCUT2D eigenvalue weighted by atomic mass is 79.9. The predicted molar refractivity (Wildman–Crippen MR) is 141 cm³/mol. The molecule has 0 aromatic heterocycles. The Morgan fingerprint density at radius 3 is 2.25 bits per heavy atom. The van der Waals surface area contributed by atoms with Gasteiger partial charge in [-0.25, -0.2) is 0 Å². The lowest BCUT2D eigenvalue weighted by atomic mass is 9.82. The number of ketones is 1. The van der Waals surface area contributed by atoms with Crippen molar-refractivity contribution in [3.05, 3.63) is 70.1 Å². The Bertz CT molecular complexity index is 1450. The molecular weight excluding hydrogens is 672 g/mol. The summed E-state index contributed by atoms with van der Waals surface area (Å²) in [5.74, 6) is 0.285. The van der Waals surface area contributed by atoms with Crippen LogP contribution in [-0.4, -0.2) is 10.9 Å². The maximum Gasteiger partial charge on any atom is 0.210 e. The quantitative estimate of drug-likeness (QED) is 0.169. The fourth-order valence-electron chi connectivity index (χ4n) is 3.59. The first-order valence-electron chi connectivity index (χ1n) is 9.53. The molecule has 1 aliphatic heterocycles. The van der Waals surface area contributed by atoms with Gasteiger partial charge in [0.05, 0.1) is 8.95 Å². The number of rotatable bonds is 2. The second-order valence-electron chi connectivity index (χ2n) is 8.38. The zero-order chi connectivity index (χ0) is 23.5. The minimum Gasteiger partial charge on any atom is -0.505 e. The third kappa shape index (κ3) is 3.79. The molecule has 0 bridgehead atoms. The summed E-state index contributed by atoms with van der Waals surface area (Å²) in [6.07, 6.45) is 0. The summed E-state index contributed by atoms with van der Waals surface area (Å²) in [6.45, 7) is 5.64. The summed E-state index contributed by atoms with van der Waals surface area (Å²) in [7, 11) is 0. The lowest BCUT2D eigenvalue weighted by Crippen LogP contribution is -2.21. The van der Waals surface area contributed by atoms with Gasteiger partial charge in [0.2, 0.25) is 5.43 Å². The van der Waals surface area contributed by atoms with Gasteiger partial charge in [-0.1, -0.05) is 45.0 Å². The number of hydrogen-bond donors (Lipinski definition) is 1. The van der Waals surface area contributed by atoms with Gasteiger partial charge < -0.3 is 9.52 Å². The van der Waals surface area contributed by atoms with Crippen LogP contribution in [0.3, 0.4) is 0 Å². The molecule has 0 radical (unpaired) electrons. The SMILES string of the molecule is CC(C)(C)C(=O)c1ccccc1-c1c2cc(Br)c(=O)c(Br)c-2oc2c(Br)c(O)c(Br)cc12. The Balaban J connectivity index is 2.28. The van der Waals surface area contributed by atoms with Gasteiger partial charge in [0.25, 0.3) is 0 Å². The number of carbonyl (C=O) groups is 1. The molecule has 164 valence electrons. The van der Waals surface area contributed by atoms with Crippen molar-refractivity contribution in [2.75, 3.05) is 0 Å². The molecule has 0 saturated carbocycles. The van der Waals surface area contributed by atoms with Crippen LogP contribution >= 0.6 is 63.7 Å². The molecule has 0 spiro atoms. The molecule has 2 aromatic rings. The van der Waals surface area contributed by atoms with E-state index in [1.807, 2.05) is 39.0 Å². The molecule has 0 unspecified atom stereocenters. The van der Waals surface area contributed by atoms with E-state index in [1.54, 1.807) is 18.2 Å². The fraction of sp³-hybridized carbons (Fsp3) is 0.167. The summed E-state index contributed by atoms with van der Waals surface area (Å²) in [5.41, 5.74) is 2.14. The van der Waals surface area contributed by atoms with E-state index >= 15 is 0 Å². The molecule has 1 heterocycles. The van der Waals surface area contributed by atoms with Gasteiger partial charge >= 0.3 is 0 Å². The van der Waals surface area contributed by atoms with Gasteiger partial charge in [0.15, 0.2) is 17.1 Å². The highest BCUT2D eigenvalue weighted by molar-refractivity contribution is 9.11. The zero-order valence-electron chi connectivity index (χ0n) is 17.1. The molecule has 32 heavy (non-hydrogen) atoms. The first-order valence-corrected chi connectivity index (χ1v) is 12.7. The van der Waals surface area contributed by atoms with Crippen LogP contribution in [0.2, 0.25) is 0 Å². The molecular formula is C24H16Br4O4. The molecule has 1 aliphatic carbocycles. The van der Waals surface area contributed by atoms with E-state index in [4.69, 9.17) is 4.42 Å². The van der Waals surface area contributed by atoms with E-state index in [9.17, 15) is 14.7 Å². The van der Waals surface area contributed by atoms with Crippen LogP contribution in [0.5, 0.6) is 5.75 Å². The average molecular weight is 688 g/mol. The number of fused-ring (bicyclic) bond motifs is 2. The number of Topliss-reactive ketones (excluding diaryl/α,β-unsaturated/α-hetero) is 1. The predicted octanol–water partition coefficient (Wildman–Crippen LogP) is 8.55. The molecule has 8 heteroatoms. The van der Waals surface area contributed by atoms with Crippen molar-refractivity contribution in [3.8, 4) is 28.2 Å². The third-order valence-corrected chi connectivity index (χ3v) is 7.79. The molecule has 0 saturated heterocycles. The van der Waals surface area contributed by atoms with Crippen molar-refractivity contribution in [1.29, 1.82) is 0 Å². The normalized spacial score (nSPS) is 12.0. The standard InChI is InChI=1S/C24H16Br4O4/c1-24(2,3)23(31)11-7-5-4-6-10(11)16-12-8-14(25)19(29)17(27)21(12)32-22-13(16)9-15(26)20(30)18(22)28/h4-9,29H,1-3H3. The van der Waals surface area contributed by atoms with Gasteiger partial charge in [-0.3, -0.25) is 9.59 Å². The zero-order valence-corrected chi connectivity index (χ0v) is 23.5. The third-order valence-electron chi connectivity index (χ3n) is 5.15. The van der Waals surface area contributed by atoms with Gasteiger partial charge in [-0.15, -0.1) is 0 Å². The van der Waals surface area contributed by atoms with E-state index in [1.165, 1.54) is 0 Å². The van der Waals surface area contributed by atoms with Gasteiger partial charge in [-0.2, -0.15) is 0 Å². The first-order chi connectivity index (χ1) is 14.9. The number of carbonyl (C=O) groups excluding carboxylic acids is 1. The Morgan fingerprint density at radius 2 is 1.59 bits per heavy atom. The van der Waals surface area contributed by atoms with E-state index in [0.717, 1.165) is 5.56 Å². The number of aromatic hydroxyl groups is 1. The van der Waals surface area contributed by atoms with Crippen LogP contribution in [0.1, 0.15) is 31.1 Å². The Labute approximate surface area is 217 Å². The molecule has 2 aliphatic rings. The molecule has 4 nitrogen and oxygen atoms in total. The Morgan fingerprint density at radius 1 is 0.938 bits per heavy atom. The maximum absolute atomic E-state index is 13.4. The number of hydrogen-bond acceptors (Lipinski definition) is 4. The average Bonchev–Trinajstić information content (AvgIpc) is 2.74. The summed E-state index contributed by atoms with van der Waals surface area (Å²) >= 11 is 13.5. The van der Waals surface area contributed by atoms with Crippen molar-refractivity contribution in [2.24, 2.45) is 5.41 Å². The van der Waals surface area contributed by atoms with Crippen LogP contribution in [-0.2, 0) is 0 Å². The maximum atomic E-state index is 13.4. The molecule has 2 aromatic carbocycles. The lowest BCUT2D eigenvalue weighted by Gasteiger charge is -2.22. The van der Waals surface area contributed by atoms with Gasteiger partial charge in [0.1, 0.15) is 14.7 Å². The van der Waals surface area contributed by atoms with Crippen molar-refractivity contribution >= 4 is 80.5 Å². The number of phenols is 1. The van der Waals surface area contributed by atoms with Crippen LogP contribution < -0.4 is 5.43 Å². The smallest absolute Gasteiger partial charge is 0.210 e. The fourth-order valence-corrected chi connectivity index (χ4v) is 5.99. The Kier molecular flexibility index (Phi) is 6.20. The van der Waals surface area contributed by atoms with E-state index in [2.05, 4.69) is 63.7 Å². The second kappa shape index (κ2) is 8.38. The Hall–Kier alpha value is -1.48. The molecule has 4 rings (SSSR count). The minimum absolute atomic E-state index is 0.00863. The molecule has 1 N–H and O–H groups in total. The molecule has 0 atom stereocenters. The summed E-state index contributed by atoms with van der Waals surface area (Å²) in [6, 6.07) is 10.8. The van der Waals surface area contributed by atoms with Crippen molar-refractivity contribution in [2.45, 2.75) is 20.8 Å². The van der Waals surface area contributed by atoms with Crippen molar-refractivity contribution in [3.63, 3.8) is 0 Å². The molecule has 0 amide bonds. The van der Waals surface area contributed by atoms with Crippen LogP contribution in [0.4, 0.5) is 0 Å². The summed E-state index contributed by atoms with van der Waals surface area (Å²) in [5, 5.41) is 11.1. The van der Waals surface area contributed by atoms with Crippen LogP contribution in [0.15, 0.2) is 63.5 Å². The monoisotopic (exact) mass is 684 g/mol. The molecule has 0 fully saturated rings. The topological polar surface area (TPSA) is 67.5 Å². The summed E-state index contributed by atoms with van der Waals surface area (Å²) in [4.78, 5) is 26.0. The number of benzene rings is 3.